The van der Waals surface area contributed by atoms with Gasteiger partial charge in [-0.2, -0.15) is 4.31 Å². The second-order valence-electron chi connectivity index (χ2n) is 4.86. The molecule has 0 aromatic heterocycles. The van der Waals surface area contributed by atoms with E-state index in [1.165, 1.54) is 0 Å². The van der Waals surface area contributed by atoms with E-state index in [0.29, 0.717) is 6.42 Å². The average Bonchev–Trinajstić information content (AvgIpc) is 2.81. The number of sulfonamides is 1. The van der Waals surface area contributed by atoms with E-state index in [0.717, 1.165) is 9.87 Å². The van der Waals surface area contributed by atoms with E-state index in [-0.39, 0.29) is 18.7 Å². The van der Waals surface area contributed by atoms with Crippen LogP contribution in [0.15, 0.2) is 30.3 Å². The van der Waals surface area contributed by atoms with Gasteiger partial charge in [0.25, 0.3) is 0 Å². The van der Waals surface area contributed by atoms with Crippen molar-refractivity contribution in [2.24, 2.45) is 0 Å². The van der Waals surface area contributed by atoms with Gasteiger partial charge >= 0.3 is 5.97 Å². The van der Waals surface area contributed by atoms with Crippen LogP contribution in [0.3, 0.4) is 0 Å². The summed E-state index contributed by atoms with van der Waals surface area (Å²) in [5, 5.41) is 18.5. The van der Waals surface area contributed by atoms with Gasteiger partial charge in [0.1, 0.15) is 6.04 Å². The molecule has 6 nitrogen and oxygen atoms in total. The summed E-state index contributed by atoms with van der Waals surface area (Å²) >= 11 is 0. The number of carbonyl (C=O) groups is 1. The second-order valence-corrected chi connectivity index (χ2v) is 6.91. The van der Waals surface area contributed by atoms with E-state index >= 15 is 0 Å². The Morgan fingerprint density at radius 2 is 1.95 bits per heavy atom. The Hall–Kier alpha value is -1.44. The molecule has 1 fully saturated rings. The van der Waals surface area contributed by atoms with Crippen LogP contribution < -0.4 is 0 Å². The van der Waals surface area contributed by atoms with Gasteiger partial charge in [0, 0.05) is 13.0 Å². The first-order valence-corrected chi connectivity index (χ1v) is 7.95. The van der Waals surface area contributed by atoms with Crippen LogP contribution in [0.25, 0.3) is 0 Å². The van der Waals surface area contributed by atoms with Crippen molar-refractivity contribution >= 4 is 16.0 Å². The largest absolute Gasteiger partial charge is 0.480 e. The van der Waals surface area contributed by atoms with Crippen molar-refractivity contribution in [3.8, 4) is 0 Å². The molecule has 0 amide bonds. The predicted molar refractivity (Wildman–Crippen MR) is 72.7 cm³/mol. The summed E-state index contributed by atoms with van der Waals surface area (Å²) in [6.07, 6.45) is -0.648. The number of aliphatic hydroxyl groups excluding tert-OH is 1. The first-order chi connectivity index (χ1) is 9.40. The Labute approximate surface area is 117 Å². The average molecular weight is 299 g/mol. The summed E-state index contributed by atoms with van der Waals surface area (Å²) in [6, 6.07) is 7.97. The van der Waals surface area contributed by atoms with Crippen LogP contribution in [-0.4, -0.2) is 53.3 Å². The highest BCUT2D eigenvalue weighted by Crippen LogP contribution is 2.22. The molecule has 1 heterocycles. The Morgan fingerprint density at radius 3 is 2.55 bits per heavy atom. The fraction of sp³-hybridized carbons (Fsp3) is 0.462. The topological polar surface area (TPSA) is 94.9 Å². The molecule has 1 aromatic carbocycles. The zero-order chi connectivity index (χ0) is 14.8. The molecule has 2 rings (SSSR count). The Balaban J connectivity index is 2.08. The van der Waals surface area contributed by atoms with Crippen molar-refractivity contribution in [1.82, 2.24) is 4.31 Å². The molecule has 1 unspecified atom stereocenters. The third-order valence-electron chi connectivity index (χ3n) is 3.37. The maximum Gasteiger partial charge on any atom is 0.322 e. The van der Waals surface area contributed by atoms with Gasteiger partial charge in [-0.25, -0.2) is 8.42 Å². The Kier molecular flexibility index (Phi) is 4.42. The number of aliphatic carboxylic acids is 1. The highest BCUT2D eigenvalue weighted by atomic mass is 32.2. The van der Waals surface area contributed by atoms with E-state index in [4.69, 9.17) is 5.11 Å². The van der Waals surface area contributed by atoms with Crippen LogP contribution in [-0.2, 0) is 21.2 Å². The first-order valence-electron chi connectivity index (χ1n) is 6.34. The molecule has 1 saturated heterocycles. The molecule has 0 radical (unpaired) electrons. The smallest absolute Gasteiger partial charge is 0.322 e. The van der Waals surface area contributed by atoms with Gasteiger partial charge in [-0.15, -0.1) is 0 Å². The molecule has 1 aliphatic rings. The fourth-order valence-corrected chi connectivity index (χ4v) is 4.02. The van der Waals surface area contributed by atoms with E-state index in [1.54, 1.807) is 0 Å². The van der Waals surface area contributed by atoms with Gasteiger partial charge in [-0.3, -0.25) is 4.79 Å². The van der Waals surface area contributed by atoms with Gasteiger partial charge in [-0.05, 0) is 12.0 Å². The van der Waals surface area contributed by atoms with Gasteiger partial charge in [0.15, 0.2) is 0 Å². The van der Waals surface area contributed by atoms with Crippen LogP contribution in [0, 0.1) is 0 Å². The van der Waals surface area contributed by atoms with E-state index in [2.05, 4.69) is 0 Å². The molecule has 0 aliphatic carbocycles. The van der Waals surface area contributed by atoms with Crippen molar-refractivity contribution in [3.05, 3.63) is 35.9 Å². The van der Waals surface area contributed by atoms with Gasteiger partial charge < -0.3 is 10.2 Å². The maximum absolute atomic E-state index is 12.2. The third kappa shape index (κ3) is 3.36. The molecule has 0 spiro atoms. The van der Waals surface area contributed by atoms with Crippen LogP contribution in [0.5, 0.6) is 0 Å². The number of rotatable bonds is 5. The summed E-state index contributed by atoms with van der Waals surface area (Å²) in [7, 11) is -3.69. The number of β-amino-alcohol motifs (C(OH)–C–C–N with tert-alkyl or cyclic N) is 1. The molecule has 0 bridgehead atoms. The normalized spacial score (nSPS) is 23.9. The minimum Gasteiger partial charge on any atom is -0.480 e. The number of aliphatic hydroxyl groups is 1. The zero-order valence-corrected chi connectivity index (χ0v) is 11.7. The molecule has 20 heavy (non-hydrogen) atoms. The van der Waals surface area contributed by atoms with Crippen molar-refractivity contribution in [2.75, 3.05) is 12.3 Å². The Morgan fingerprint density at radius 1 is 1.30 bits per heavy atom. The minimum absolute atomic E-state index is 0.0557. The molecule has 1 aromatic rings. The van der Waals surface area contributed by atoms with E-state index in [9.17, 15) is 18.3 Å². The van der Waals surface area contributed by atoms with Crippen molar-refractivity contribution in [1.29, 1.82) is 0 Å². The van der Waals surface area contributed by atoms with Crippen molar-refractivity contribution < 1.29 is 23.4 Å². The van der Waals surface area contributed by atoms with E-state index < -0.39 is 28.1 Å². The number of carboxylic acids is 1. The zero-order valence-electron chi connectivity index (χ0n) is 10.8. The summed E-state index contributed by atoms with van der Waals surface area (Å²) in [4.78, 5) is 11.1. The quantitative estimate of drug-likeness (QED) is 0.803. The summed E-state index contributed by atoms with van der Waals surface area (Å²) in [5.41, 5.74) is 0.877. The lowest BCUT2D eigenvalue weighted by Crippen LogP contribution is -2.42. The van der Waals surface area contributed by atoms with Gasteiger partial charge in [0.2, 0.25) is 10.0 Å². The summed E-state index contributed by atoms with van der Waals surface area (Å²) in [6.45, 7) is -0.145. The van der Waals surface area contributed by atoms with Crippen molar-refractivity contribution in [3.63, 3.8) is 0 Å². The second kappa shape index (κ2) is 5.90. The number of aryl methyl sites for hydroxylation is 1. The van der Waals surface area contributed by atoms with Crippen LogP contribution >= 0.6 is 0 Å². The molecule has 2 N–H and O–H groups in total. The lowest BCUT2D eigenvalue weighted by molar-refractivity contribution is -0.140. The fourth-order valence-electron chi connectivity index (χ4n) is 2.32. The lowest BCUT2D eigenvalue weighted by atomic mass is 10.2. The molecule has 0 saturated carbocycles. The molecule has 1 aliphatic heterocycles. The standard InChI is InChI=1S/C13H17NO5S/c15-11-8-12(13(16)17)14(9-11)20(18,19)7-6-10-4-2-1-3-5-10/h1-5,11-12,15H,6-9H2,(H,16,17)/t11?,12-/m0/s1. The number of benzene rings is 1. The maximum atomic E-state index is 12.2. The summed E-state index contributed by atoms with van der Waals surface area (Å²) < 4.78 is 25.3. The van der Waals surface area contributed by atoms with Gasteiger partial charge in [0.05, 0.1) is 11.9 Å². The Bertz CT molecular complexity index is 572. The molecule has 110 valence electrons. The third-order valence-corrected chi connectivity index (χ3v) is 5.21. The van der Waals surface area contributed by atoms with Crippen molar-refractivity contribution in [2.45, 2.75) is 25.0 Å². The molecular formula is C13H17NO5S. The highest BCUT2D eigenvalue weighted by molar-refractivity contribution is 7.89. The van der Waals surface area contributed by atoms with Crippen LogP contribution in [0.2, 0.25) is 0 Å². The number of carboxylic acid groups (broad SMARTS) is 1. The van der Waals surface area contributed by atoms with E-state index in [1.807, 2.05) is 30.3 Å². The SMILES string of the molecule is O=C(O)[C@@H]1CC(O)CN1S(=O)(=O)CCc1ccccc1. The number of hydrogen-bond donors (Lipinski definition) is 2. The lowest BCUT2D eigenvalue weighted by Gasteiger charge is -2.20. The molecular weight excluding hydrogens is 282 g/mol. The molecule has 2 atom stereocenters. The monoisotopic (exact) mass is 299 g/mol. The minimum atomic E-state index is -3.69. The van der Waals surface area contributed by atoms with Crippen LogP contribution in [0.4, 0.5) is 0 Å². The summed E-state index contributed by atoms with van der Waals surface area (Å²) in [5.74, 6) is -1.38. The first kappa shape index (κ1) is 15.0. The van der Waals surface area contributed by atoms with Crippen LogP contribution in [0.1, 0.15) is 12.0 Å². The highest BCUT2D eigenvalue weighted by Gasteiger charge is 2.42. The number of hydrogen-bond acceptors (Lipinski definition) is 4. The molecule has 7 heteroatoms. The van der Waals surface area contributed by atoms with Gasteiger partial charge in [-0.1, -0.05) is 30.3 Å². The number of nitrogens with zero attached hydrogens (tertiary/aromatic N) is 1. The predicted octanol–water partition coefficient (Wildman–Crippen LogP) is 0.0787.